The SMILES string of the molecule is Cc1ccc(-c2noc(CN3CCC(NS(C)(=O)=O)CC3)n2)cc1. The Morgan fingerprint density at radius 1 is 1.25 bits per heavy atom. The Morgan fingerprint density at radius 3 is 2.54 bits per heavy atom. The van der Waals surface area contributed by atoms with Crippen LogP contribution in [-0.2, 0) is 16.6 Å². The lowest BCUT2D eigenvalue weighted by atomic mass is 10.1. The molecule has 0 radical (unpaired) electrons. The summed E-state index contributed by atoms with van der Waals surface area (Å²) in [7, 11) is -3.14. The highest BCUT2D eigenvalue weighted by atomic mass is 32.2. The van der Waals surface area contributed by atoms with Crippen LogP contribution in [0.5, 0.6) is 0 Å². The molecule has 1 N–H and O–H groups in total. The minimum Gasteiger partial charge on any atom is -0.338 e. The van der Waals surface area contributed by atoms with Gasteiger partial charge in [0.05, 0.1) is 12.8 Å². The normalized spacial score (nSPS) is 17.2. The van der Waals surface area contributed by atoms with E-state index in [1.807, 2.05) is 31.2 Å². The maximum Gasteiger partial charge on any atom is 0.241 e. The van der Waals surface area contributed by atoms with Gasteiger partial charge >= 0.3 is 0 Å². The smallest absolute Gasteiger partial charge is 0.241 e. The number of benzene rings is 1. The molecule has 24 heavy (non-hydrogen) atoms. The molecule has 7 nitrogen and oxygen atoms in total. The summed E-state index contributed by atoms with van der Waals surface area (Å²) in [5.41, 5.74) is 2.12. The first kappa shape index (κ1) is 17.1. The van der Waals surface area contributed by atoms with Crippen molar-refractivity contribution in [2.24, 2.45) is 0 Å². The van der Waals surface area contributed by atoms with Gasteiger partial charge in [0.1, 0.15) is 0 Å². The van der Waals surface area contributed by atoms with Gasteiger partial charge in [-0.2, -0.15) is 4.98 Å². The predicted octanol–water partition coefficient (Wildman–Crippen LogP) is 1.56. The topological polar surface area (TPSA) is 88.3 Å². The summed E-state index contributed by atoms with van der Waals surface area (Å²) in [6, 6.07) is 8.01. The standard InChI is InChI=1S/C16H22N4O3S/c1-12-3-5-13(6-4-12)16-17-15(23-18-16)11-20-9-7-14(8-10-20)19-24(2,21)22/h3-6,14,19H,7-11H2,1-2H3. The minimum absolute atomic E-state index is 0.0158. The summed E-state index contributed by atoms with van der Waals surface area (Å²) >= 11 is 0. The van der Waals surface area contributed by atoms with Gasteiger partial charge in [-0.3, -0.25) is 4.90 Å². The molecule has 130 valence electrons. The molecular formula is C16H22N4O3S. The molecule has 0 unspecified atom stereocenters. The van der Waals surface area contributed by atoms with Crippen LogP contribution in [0.15, 0.2) is 28.8 Å². The fourth-order valence-electron chi connectivity index (χ4n) is 2.84. The number of hydrogen-bond donors (Lipinski definition) is 1. The number of piperidine rings is 1. The molecule has 1 saturated heterocycles. The van der Waals surface area contributed by atoms with Gasteiger partial charge in [0.2, 0.25) is 21.7 Å². The van der Waals surface area contributed by atoms with Gasteiger partial charge in [0, 0.05) is 24.7 Å². The largest absolute Gasteiger partial charge is 0.338 e. The number of aromatic nitrogens is 2. The summed E-state index contributed by atoms with van der Waals surface area (Å²) in [5, 5.41) is 4.04. The lowest BCUT2D eigenvalue weighted by Crippen LogP contribution is -2.43. The van der Waals surface area contributed by atoms with Crippen molar-refractivity contribution in [2.75, 3.05) is 19.3 Å². The molecule has 0 atom stereocenters. The van der Waals surface area contributed by atoms with Gasteiger partial charge in [0.25, 0.3) is 0 Å². The van der Waals surface area contributed by atoms with Crippen molar-refractivity contribution in [2.45, 2.75) is 32.4 Å². The van der Waals surface area contributed by atoms with Crippen molar-refractivity contribution in [1.29, 1.82) is 0 Å². The highest BCUT2D eigenvalue weighted by Gasteiger charge is 2.23. The number of nitrogens with one attached hydrogen (secondary N) is 1. The third kappa shape index (κ3) is 4.62. The molecule has 8 heteroatoms. The molecule has 0 saturated carbocycles. The fourth-order valence-corrected chi connectivity index (χ4v) is 3.68. The van der Waals surface area contributed by atoms with Crippen LogP contribution in [0.4, 0.5) is 0 Å². The Bertz CT molecular complexity index is 778. The van der Waals surface area contributed by atoms with Gasteiger partial charge in [0.15, 0.2) is 0 Å². The van der Waals surface area contributed by atoms with E-state index in [-0.39, 0.29) is 6.04 Å². The van der Waals surface area contributed by atoms with Crippen LogP contribution in [0.3, 0.4) is 0 Å². The third-order valence-corrected chi connectivity index (χ3v) is 4.87. The number of aryl methyl sites for hydroxylation is 1. The van der Waals surface area contributed by atoms with Crippen molar-refractivity contribution in [3.8, 4) is 11.4 Å². The summed E-state index contributed by atoms with van der Waals surface area (Å²) in [5.74, 6) is 1.18. The molecule has 2 heterocycles. The Kier molecular flexibility index (Phi) is 4.98. The van der Waals surface area contributed by atoms with Gasteiger partial charge in [-0.1, -0.05) is 35.0 Å². The molecule has 1 aliphatic heterocycles. The maximum absolute atomic E-state index is 11.3. The molecule has 1 fully saturated rings. The maximum atomic E-state index is 11.3. The van der Waals surface area contributed by atoms with Crippen LogP contribution in [0, 0.1) is 6.92 Å². The van der Waals surface area contributed by atoms with Gasteiger partial charge < -0.3 is 4.52 Å². The summed E-state index contributed by atoms with van der Waals surface area (Å²) in [4.78, 5) is 6.65. The van der Waals surface area contributed by atoms with E-state index >= 15 is 0 Å². The van der Waals surface area contributed by atoms with E-state index in [0.717, 1.165) is 31.5 Å². The second kappa shape index (κ2) is 7.00. The zero-order valence-electron chi connectivity index (χ0n) is 13.9. The Hall–Kier alpha value is -1.77. The van der Waals surface area contributed by atoms with Crippen LogP contribution in [0.1, 0.15) is 24.3 Å². The Labute approximate surface area is 142 Å². The third-order valence-electron chi connectivity index (χ3n) is 4.11. The van der Waals surface area contributed by atoms with Crippen LogP contribution in [-0.4, -0.2) is 48.8 Å². The molecule has 1 aliphatic rings. The van der Waals surface area contributed by atoms with Crippen LogP contribution in [0.25, 0.3) is 11.4 Å². The molecule has 1 aromatic carbocycles. The summed E-state index contributed by atoms with van der Waals surface area (Å²) < 4.78 is 30.6. The van der Waals surface area contributed by atoms with Crippen LogP contribution >= 0.6 is 0 Å². The lowest BCUT2D eigenvalue weighted by molar-refractivity contribution is 0.177. The molecular weight excluding hydrogens is 328 g/mol. The van der Waals surface area contributed by atoms with Crippen molar-refractivity contribution >= 4 is 10.0 Å². The van der Waals surface area contributed by atoms with E-state index in [4.69, 9.17) is 4.52 Å². The Morgan fingerprint density at radius 2 is 1.92 bits per heavy atom. The molecule has 0 spiro atoms. The van der Waals surface area contributed by atoms with E-state index in [0.29, 0.717) is 18.3 Å². The second-order valence-corrected chi connectivity index (χ2v) is 8.10. The summed E-state index contributed by atoms with van der Waals surface area (Å²) in [6.07, 6.45) is 2.77. The van der Waals surface area contributed by atoms with Crippen LogP contribution < -0.4 is 4.72 Å². The minimum atomic E-state index is -3.14. The highest BCUT2D eigenvalue weighted by molar-refractivity contribution is 7.88. The second-order valence-electron chi connectivity index (χ2n) is 6.32. The number of sulfonamides is 1. The predicted molar refractivity (Wildman–Crippen MR) is 90.7 cm³/mol. The van der Waals surface area contributed by atoms with Crippen LogP contribution in [0.2, 0.25) is 0 Å². The molecule has 0 amide bonds. The first-order chi connectivity index (χ1) is 11.4. The van der Waals surface area contributed by atoms with Gasteiger partial charge in [-0.25, -0.2) is 13.1 Å². The van der Waals surface area contributed by atoms with E-state index in [9.17, 15) is 8.42 Å². The fraction of sp³-hybridized carbons (Fsp3) is 0.500. The van der Waals surface area contributed by atoms with E-state index in [1.54, 1.807) is 0 Å². The van der Waals surface area contributed by atoms with E-state index in [2.05, 4.69) is 19.8 Å². The molecule has 0 bridgehead atoms. The molecule has 0 aliphatic carbocycles. The molecule has 1 aromatic heterocycles. The van der Waals surface area contributed by atoms with Crippen molar-refractivity contribution in [3.05, 3.63) is 35.7 Å². The zero-order chi connectivity index (χ0) is 17.2. The first-order valence-corrected chi connectivity index (χ1v) is 9.87. The number of nitrogens with zero attached hydrogens (tertiary/aromatic N) is 3. The molecule has 3 rings (SSSR count). The molecule has 2 aromatic rings. The van der Waals surface area contributed by atoms with E-state index in [1.165, 1.54) is 11.8 Å². The van der Waals surface area contributed by atoms with E-state index < -0.39 is 10.0 Å². The lowest BCUT2D eigenvalue weighted by Gasteiger charge is -2.30. The quantitative estimate of drug-likeness (QED) is 0.880. The summed E-state index contributed by atoms with van der Waals surface area (Å²) in [6.45, 7) is 4.23. The van der Waals surface area contributed by atoms with Crippen molar-refractivity contribution < 1.29 is 12.9 Å². The number of rotatable bonds is 5. The van der Waals surface area contributed by atoms with Crippen molar-refractivity contribution in [3.63, 3.8) is 0 Å². The first-order valence-electron chi connectivity index (χ1n) is 7.98. The Balaban J connectivity index is 1.55. The average Bonchev–Trinajstić information content (AvgIpc) is 2.97. The van der Waals surface area contributed by atoms with Crippen molar-refractivity contribution in [1.82, 2.24) is 19.8 Å². The number of likely N-dealkylation sites (tertiary alicyclic amines) is 1. The highest BCUT2D eigenvalue weighted by Crippen LogP contribution is 2.18. The van der Waals surface area contributed by atoms with Gasteiger partial charge in [-0.05, 0) is 19.8 Å². The van der Waals surface area contributed by atoms with Gasteiger partial charge in [-0.15, -0.1) is 0 Å². The average molecular weight is 350 g/mol. The zero-order valence-corrected chi connectivity index (χ0v) is 14.7. The number of hydrogen-bond acceptors (Lipinski definition) is 6. The monoisotopic (exact) mass is 350 g/mol.